The van der Waals surface area contributed by atoms with Crippen molar-refractivity contribution in [1.82, 2.24) is 4.90 Å². The summed E-state index contributed by atoms with van der Waals surface area (Å²) < 4.78 is 1.11. The highest BCUT2D eigenvalue weighted by Gasteiger charge is 2.29. The van der Waals surface area contributed by atoms with Crippen molar-refractivity contribution < 1.29 is 4.79 Å². The summed E-state index contributed by atoms with van der Waals surface area (Å²) in [5.74, 6) is 0.364. The number of carbonyl (C=O) groups excluding carboxylic acids is 1. The zero-order valence-electron chi connectivity index (χ0n) is 11.3. The molecule has 2 nitrogen and oxygen atoms in total. The van der Waals surface area contributed by atoms with E-state index in [1.807, 2.05) is 11.9 Å². The van der Waals surface area contributed by atoms with Crippen LogP contribution in [-0.4, -0.2) is 17.9 Å². The molecule has 0 atom stereocenters. The lowest BCUT2D eigenvalue weighted by Gasteiger charge is -2.20. The molecule has 1 aliphatic carbocycles. The molecular formula is C16H16BrNOS. The van der Waals surface area contributed by atoms with E-state index in [0.717, 1.165) is 16.6 Å². The molecule has 0 N–H and O–H groups in total. The first kappa shape index (κ1) is 13.8. The molecule has 0 radical (unpaired) electrons. The first-order valence-corrected chi connectivity index (χ1v) is 8.35. The Hall–Kier alpha value is -1.13. The van der Waals surface area contributed by atoms with Crippen molar-refractivity contribution in [1.29, 1.82) is 0 Å². The van der Waals surface area contributed by atoms with E-state index in [-0.39, 0.29) is 11.8 Å². The molecule has 1 amide bonds. The molecule has 1 heterocycles. The average Bonchev–Trinajstić information content (AvgIpc) is 3.03. The molecule has 104 valence electrons. The molecule has 0 spiro atoms. The minimum Gasteiger partial charge on any atom is -0.341 e. The first-order chi connectivity index (χ1) is 9.63. The molecule has 2 aromatic rings. The Balaban J connectivity index is 1.65. The van der Waals surface area contributed by atoms with E-state index in [1.165, 1.54) is 16.7 Å². The minimum absolute atomic E-state index is 0.111. The number of halogens is 1. The first-order valence-electron chi connectivity index (χ1n) is 6.68. The predicted octanol–water partition coefficient (Wildman–Crippen LogP) is 3.88. The fourth-order valence-corrected chi connectivity index (χ4v) is 4.03. The van der Waals surface area contributed by atoms with Gasteiger partial charge in [-0.1, -0.05) is 24.3 Å². The SMILES string of the molecule is CN(Cc1csc(Br)c1)C(=O)C1Cc2ccccc2C1. The van der Waals surface area contributed by atoms with E-state index in [4.69, 9.17) is 0 Å². The Labute approximate surface area is 131 Å². The summed E-state index contributed by atoms with van der Waals surface area (Å²) in [6, 6.07) is 10.5. The van der Waals surface area contributed by atoms with Crippen molar-refractivity contribution in [2.24, 2.45) is 5.92 Å². The van der Waals surface area contributed by atoms with Crippen LogP contribution < -0.4 is 0 Å². The van der Waals surface area contributed by atoms with Crippen molar-refractivity contribution in [3.63, 3.8) is 0 Å². The van der Waals surface area contributed by atoms with Gasteiger partial charge in [0, 0.05) is 19.5 Å². The molecule has 1 aliphatic rings. The van der Waals surface area contributed by atoms with Crippen LogP contribution in [0.2, 0.25) is 0 Å². The van der Waals surface area contributed by atoms with Gasteiger partial charge in [-0.05, 0) is 56.9 Å². The highest BCUT2D eigenvalue weighted by Crippen LogP contribution is 2.28. The zero-order chi connectivity index (χ0) is 14.1. The van der Waals surface area contributed by atoms with Gasteiger partial charge in [0.25, 0.3) is 0 Å². The Morgan fingerprint density at radius 1 is 1.35 bits per heavy atom. The molecule has 0 saturated carbocycles. The summed E-state index contributed by atoms with van der Waals surface area (Å²) in [7, 11) is 1.90. The van der Waals surface area contributed by atoms with Crippen molar-refractivity contribution in [2.45, 2.75) is 19.4 Å². The van der Waals surface area contributed by atoms with Gasteiger partial charge in [0.2, 0.25) is 5.91 Å². The standard InChI is InChI=1S/C16H16BrNOS/c1-18(9-11-6-15(17)20-10-11)16(19)14-7-12-4-2-3-5-13(12)8-14/h2-6,10,14H,7-9H2,1H3. The van der Waals surface area contributed by atoms with Gasteiger partial charge in [0.05, 0.1) is 3.79 Å². The number of hydrogen-bond donors (Lipinski definition) is 0. The van der Waals surface area contributed by atoms with Gasteiger partial charge in [0.15, 0.2) is 0 Å². The van der Waals surface area contributed by atoms with Gasteiger partial charge >= 0.3 is 0 Å². The maximum absolute atomic E-state index is 12.5. The second kappa shape index (κ2) is 5.70. The Kier molecular flexibility index (Phi) is 3.94. The number of thiophene rings is 1. The molecule has 0 unspecified atom stereocenters. The summed E-state index contributed by atoms with van der Waals surface area (Å²) in [5.41, 5.74) is 3.85. The number of rotatable bonds is 3. The van der Waals surface area contributed by atoms with Gasteiger partial charge in [0.1, 0.15) is 0 Å². The largest absolute Gasteiger partial charge is 0.341 e. The highest BCUT2D eigenvalue weighted by molar-refractivity contribution is 9.11. The number of hydrogen-bond acceptors (Lipinski definition) is 2. The van der Waals surface area contributed by atoms with Crippen LogP contribution in [0.3, 0.4) is 0 Å². The van der Waals surface area contributed by atoms with Crippen LogP contribution in [0.1, 0.15) is 16.7 Å². The van der Waals surface area contributed by atoms with Crippen LogP contribution in [0, 0.1) is 5.92 Å². The fraction of sp³-hybridized carbons (Fsp3) is 0.312. The van der Waals surface area contributed by atoms with Crippen LogP contribution >= 0.6 is 27.3 Å². The Morgan fingerprint density at radius 2 is 2.00 bits per heavy atom. The fourth-order valence-electron chi connectivity index (χ4n) is 2.83. The van der Waals surface area contributed by atoms with E-state index < -0.39 is 0 Å². The lowest BCUT2D eigenvalue weighted by Crippen LogP contribution is -2.32. The number of fused-ring (bicyclic) bond motifs is 1. The van der Waals surface area contributed by atoms with Gasteiger partial charge in [-0.25, -0.2) is 0 Å². The molecule has 20 heavy (non-hydrogen) atoms. The van der Waals surface area contributed by atoms with Crippen molar-refractivity contribution in [2.75, 3.05) is 7.05 Å². The highest BCUT2D eigenvalue weighted by atomic mass is 79.9. The van der Waals surface area contributed by atoms with Crippen LogP contribution in [-0.2, 0) is 24.2 Å². The molecular weight excluding hydrogens is 334 g/mol. The molecule has 4 heteroatoms. The van der Waals surface area contributed by atoms with Gasteiger partial charge < -0.3 is 4.90 Å². The predicted molar refractivity (Wildman–Crippen MR) is 85.8 cm³/mol. The summed E-state index contributed by atoms with van der Waals surface area (Å²) in [5, 5.41) is 2.09. The second-order valence-corrected chi connectivity index (χ2v) is 7.62. The topological polar surface area (TPSA) is 20.3 Å². The summed E-state index contributed by atoms with van der Waals surface area (Å²) in [6.45, 7) is 0.688. The number of benzene rings is 1. The maximum Gasteiger partial charge on any atom is 0.226 e. The summed E-state index contributed by atoms with van der Waals surface area (Å²) >= 11 is 5.12. The monoisotopic (exact) mass is 349 g/mol. The van der Waals surface area contributed by atoms with E-state index in [0.29, 0.717) is 6.54 Å². The van der Waals surface area contributed by atoms with E-state index >= 15 is 0 Å². The molecule has 0 aliphatic heterocycles. The molecule has 1 aromatic heterocycles. The third-order valence-electron chi connectivity index (χ3n) is 3.82. The van der Waals surface area contributed by atoms with Crippen LogP contribution in [0.5, 0.6) is 0 Å². The average molecular weight is 350 g/mol. The lowest BCUT2D eigenvalue weighted by atomic mass is 10.0. The zero-order valence-corrected chi connectivity index (χ0v) is 13.7. The normalized spacial score (nSPS) is 14.3. The number of nitrogens with zero attached hydrogens (tertiary/aromatic N) is 1. The van der Waals surface area contributed by atoms with E-state index in [1.54, 1.807) is 11.3 Å². The molecule has 1 aromatic carbocycles. The number of carbonyl (C=O) groups is 1. The molecule has 0 fully saturated rings. The second-order valence-electron chi connectivity index (χ2n) is 5.33. The third kappa shape index (κ3) is 2.81. The smallest absolute Gasteiger partial charge is 0.226 e. The van der Waals surface area contributed by atoms with Crippen LogP contribution in [0.4, 0.5) is 0 Å². The van der Waals surface area contributed by atoms with Crippen LogP contribution in [0.15, 0.2) is 39.5 Å². The van der Waals surface area contributed by atoms with Gasteiger partial charge in [-0.2, -0.15) is 0 Å². The van der Waals surface area contributed by atoms with Crippen molar-refractivity contribution in [3.8, 4) is 0 Å². The third-order valence-corrected chi connectivity index (χ3v) is 5.37. The van der Waals surface area contributed by atoms with Gasteiger partial charge in [-0.3, -0.25) is 4.79 Å². The maximum atomic E-state index is 12.5. The quantitative estimate of drug-likeness (QED) is 0.823. The van der Waals surface area contributed by atoms with Gasteiger partial charge in [-0.15, -0.1) is 11.3 Å². The Morgan fingerprint density at radius 3 is 2.55 bits per heavy atom. The van der Waals surface area contributed by atoms with Crippen molar-refractivity contribution in [3.05, 3.63) is 56.2 Å². The summed E-state index contributed by atoms with van der Waals surface area (Å²) in [6.07, 6.45) is 1.76. The van der Waals surface area contributed by atoms with E-state index in [9.17, 15) is 4.79 Å². The van der Waals surface area contributed by atoms with E-state index in [2.05, 4.69) is 51.6 Å². The minimum atomic E-state index is 0.111. The van der Waals surface area contributed by atoms with Crippen LogP contribution in [0.25, 0.3) is 0 Å². The summed E-state index contributed by atoms with van der Waals surface area (Å²) in [4.78, 5) is 14.4. The molecule has 0 bridgehead atoms. The number of amides is 1. The lowest BCUT2D eigenvalue weighted by molar-refractivity contribution is -0.134. The van der Waals surface area contributed by atoms with Crippen molar-refractivity contribution >= 4 is 33.2 Å². The Bertz CT molecular complexity index is 612. The molecule has 3 rings (SSSR count). The molecule has 0 saturated heterocycles.